The van der Waals surface area contributed by atoms with Gasteiger partial charge < -0.3 is 15.4 Å². The van der Waals surface area contributed by atoms with E-state index >= 15 is 0 Å². The van der Waals surface area contributed by atoms with Crippen LogP contribution < -0.4 is 10.6 Å². The zero-order valence-corrected chi connectivity index (χ0v) is 5.65. The lowest BCUT2D eigenvalue weighted by Gasteiger charge is -1.98. The normalized spacial score (nSPS) is 24.0. The van der Waals surface area contributed by atoms with Crippen LogP contribution in [-0.2, 0) is 4.74 Å². The summed E-state index contributed by atoms with van der Waals surface area (Å²) in [6.45, 7) is 5.79. The first-order chi connectivity index (χ1) is 4.50. The van der Waals surface area contributed by atoms with Gasteiger partial charge in [0.25, 0.3) is 0 Å². The van der Waals surface area contributed by atoms with Crippen LogP contribution in [-0.4, -0.2) is 39.4 Å². The number of nitrogens with one attached hydrogen (secondary N) is 2. The third-order valence-electron chi connectivity index (χ3n) is 1.32. The number of hydrogen-bond acceptors (Lipinski definition) is 3. The van der Waals surface area contributed by atoms with Crippen molar-refractivity contribution in [3.05, 3.63) is 0 Å². The van der Waals surface area contributed by atoms with Crippen LogP contribution in [0.25, 0.3) is 0 Å². The Labute approximate surface area is 55.8 Å². The standard InChI is InChI=1S/C6H14N2O/c1-2-8-4-6-9-5-3-7-1/h7-8H,1-6H2. The number of rotatable bonds is 0. The molecule has 0 aromatic rings. The lowest BCUT2D eigenvalue weighted by atomic mass is 10.6. The van der Waals surface area contributed by atoms with Gasteiger partial charge in [-0.3, -0.25) is 0 Å². The summed E-state index contributed by atoms with van der Waals surface area (Å²) >= 11 is 0. The summed E-state index contributed by atoms with van der Waals surface area (Å²) in [6.07, 6.45) is 0. The van der Waals surface area contributed by atoms with Crippen molar-refractivity contribution in [1.29, 1.82) is 0 Å². The summed E-state index contributed by atoms with van der Waals surface area (Å²) < 4.78 is 5.23. The van der Waals surface area contributed by atoms with E-state index < -0.39 is 0 Å². The minimum atomic E-state index is 0.849. The van der Waals surface area contributed by atoms with Gasteiger partial charge in [-0.2, -0.15) is 0 Å². The van der Waals surface area contributed by atoms with E-state index in [4.69, 9.17) is 4.74 Å². The Hall–Kier alpha value is -0.120. The first kappa shape index (κ1) is 6.99. The molecule has 54 valence electrons. The lowest BCUT2D eigenvalue weighted by Crippen LogP contribution is -2.27. The SMILES string of the molecule is C1CNCCOCCN1. The second-order valence-electron chi connectivity index (χ2n) is 2.11. The quantitative estimate of drug-likeness (QED) is 0.450. The van der Waals surface area contributed by atoms with E-state index in [2.05, 4.69) is 10.6 Å². The molecule has 1 saturated heterocycles. The maximum atomic E-state index is 5.23. The molecule has 0 bridgehead atoms. The van der Waals surface area contributed by atoms with Gasteiger partial charge in [0.05, 0.1) is 13.2 Å². The Morgan fingerprint density at radius 2 is 1.33 bits per heavy atom. The van der Waals surface area contributed by atoms with Gasteiger partial charge in [-0.05, 0) is 0 Å². The minimum Gasteiger partial charge on any atom is -0.379 e. The Morgan fingerprint density at radius 3 is 1.89 bits per heavy atom. The van der Waals surface area contributed by atoms with Crippen LogP contribution >= 0.6 is 0 Å². The molecule has 1 rings (SSSR count). The van der Waals surface area contributed by atoms with E-state index in [1.54, 1.807) is 0 Å². The summed E-state index contributed by atoms with van der Waals surface area (Å²) in [4.78, 5) is 0. The molecule has 2 N–H and O–H groups in total. The maximum absolute atomic E-state index is 5.23. The highest BCUT2D eigenvalue weighted by atomic mass is 16.5. The van der Waals surface area contributed by atoms with Crippen molar-refractivity contribution in [1.82, 2.24) is 10.6 Å². The van der Waals surface area contributed by atoms with Gasteiger partial charge in [-0.1, -0.05) is 0 Å². The first-order valence-electron chi connectivity index (χ1n) is 3.49. The molecule has 1 fully saturated rings. The number of ether oxygens (including phenoxy) is 1. The monoisotopic (exact) mass is 130 g/mol. The smallest absolute Gasteiger partial charge is 0.0591 e. The van der Waals surface area contributed by atoms with Crippen molar-refractivity contribution in [3.8, 4) is 0 Å². The molecular formula is C6H14N2O. The molecule has 1 aliphatic heterocycles. The summed E-state index contributed by atoms with van der Waals surface area (Å²) in [7, 11) is 0. The second kappa shape index (κ2) is 4.73. The third-order valence-corrected chi connectivity index (χ3v) is 1.32. The highest BCUT2D eigenvalue weighted by molar-refractivity contribution is 4.53. The van der Waals surface area contributed by atoms with Gasteiger partial charge in [0.2, 0.25) is 0 Å². The van der Waals surface area contributed by atoms with Crippen molar-refractivity contribution < 1.29 is 4.74 Å². The van der Waals surface area contributed by atoms with Crippen LogP contribution in [0.15, 0.2) is 0 Å². The highest BCUT2D eigenvalue weighted by Gasteiger charge is 1.92. The molecule has 1 aliphatic rings. The molecule has 0 aliphatic carbocycles. The molecule has 3 nitrogen and oxygen atoms in total. The third kappa shape index (κ3) is 3.46. The minimum absolute atomic E-state index is 0.849. The van der Waals surface area contributed by atoms with Crippen LogP contribution in [0.5, 0.6) is 0 Å². The number of hydrogen-bond donors (Lipinski definition) is 2. The average Bonchev–Trinajstić information content (AvgIpc) is 2.00. The highest BCUT2D eigenvalue weighted by Crippen LogP contribution is 1.74. The topological polar surface area (TPSA) is 33.3 Å². The first-order valence-corrected chi connectivity index (χ1v) is 3.49. The molecule has 0 aromatic heterocycles. The zero-order chi connectivity index (χ0) is 6.36. The predicted octanol–water partition coefficient (Wildman–Crippen LogP) is -0.804. The van der Waals surface area contributed by atoms with Crippen LogP contribution in [0.2, 0.25) is 0 Å². The fourth-order valence-electron chi connectivity index (χ4n) is 0.818. The molecule has 0 aromatic carbocycles. The molecule has 3 heteroatoms. The van der Waals surface area contributed by atoms with Crippen molar-refractivity contribution in [2.24, 2.45) is 0 Å². The van der Waals surface area contributed by atoms with Crippen molar-refractivity contribution in [2.45, 2.75) is 0 Å². The molecule has 0 atom stereocenters. The molecule has 9 heavy (non-hydrogen) atoms. The van der Waals surface area contributed by atoms with E-state index in [1.807, 2.05) is 0 Å². The molecule has 0 amide bonds. The molecule has 0 saturated carbocycles. The van der Waals surface area contributed by atoms with E-state index in [-0.39, 0.29) is 0 Å². The van der Waals surface area contributed by atoms with Crippen LogP contribution in [0, 0.1) is 0 Å². The van der Waals surface area contributed by atoms with E-state index in [0.29, 0.717) is 0 Å². The van der Waals surface area contributed by atoms with Crippen molar-refractivity contribution in [3.63, 3.8) is 0 Å². The van der Waals surface area contributed by atoms with E-state index in [0.717, 1.165) is 39.4 Å². The van der Waals surface area contributed by atoms with Gasteiger partial charge in [-0.25, -0.2) is 0 Å². The summed E-state index contributed by atoms with van der Waals surface area (Å²) in [5.41, 5.74) is 0. The molecule has 1 heterocycles. The van der Waals surface area contributed by atoms with Gasteiger partial charge >= 0.3 is 0 Å². The fraction of sp³-hybridized carbons (Fsp3) is 1.00. The molecule has 0 radical (unpaired) electrons. The largest absolute Gasteiger partial charge is 0.379 e. The van der Waals surface area contributed by atoms with Gasteiger partial charge in [0.15, 0.2) is 0 Å². The van der Waals surface area contributed by atoms with Crippen LogP contribution in [0.1, 0.15) is 0 Å². The predicted molar refractivity (Wildman–Crippen MR) is 36.6 cm³/mol. The van der Waals surface area contributed by atoms with Crippen LogP contribution in [0.4, 0.5) is 0 Å². The maximum Gasteiger partial charge on any atom is 0.0591 e. The molecule has 0 unspecified atom stereocenters. The van der Waals surface area contributed by atoms with Crippen molar-refractivity contribution in [2.75, 3.05) is 39.4 Å². The summed E-state index contributed by atoms with van der Waals surface area (Å²) in [5, 5.41) is 6.48. The second-order valence-corrected chi connectivity index (χ2v) is 2.11. The van der Waals surface area contributed by atoms with E-state index in [1.165, 1.54) is 0 Å². The van der Waals surface area contributed by atoms with Gasteiger partial charge in [-0.15, -0.1) is 0 Å². The van der Waals surface area contributed by atoms with E-state index in [9.17, 15) is 0 Å². The van der Waals surface area contributed by atoms with Crippen LogP contribution in [0.3, 0.4) is 0 Å². The van der Waals surface area contributed by atoms with Gasteiger partial charge in [0.1, 0.15) is 0 Å². The summed E-state index contributed by atoms with van der Waals surface area (Å²) in [5.74, 6) is 0. The fourth-order valence-corrected chi connectivity index (χ4v) is 0.818. The zero-order valence-electron chi connectivity index (χ0n) is 5.65. The molecular weight excluding hydrogens is 116 g/mol. The Morgan fingerprint density at radius 1 is 0.778 bits per heavy atom. The Kier molecular flexibility index (Phi) is 3.68. The van der Waals surface area contributed by atoms with Crippen molar-refractivity contribution >= 4 is 0 Å². The lowest BCUT2D eigenvalue weighted by molar-refractivity contribution is 0.143. The van der Waals surface area contributed by atoms with Gasteiger partial charge in [0, 0.05) is 26.2 Å². The average molecular weight is 130 g/mol. The summed E-state index contributed by atoms with van der Waals surface area (Å²) in [6, 6.07) is 0. The Bertz CT molecular complexity index is 39.5. The Balaban J connectivity index is 2.02. The molecule has 0 spiro atoms.